The minimum Gasteiger partial charge on any atom is -0.497 e. The zero-order valence-electron chi connectivity index (χ0n) is 15.6. The SMILES string of the molecule is COc1ccc([C@@H]2C=C(c3ccc(Br)cc3)Nc3nc(NS(C)(=O)=O)nn32)cc1. The van der Waals surface area contributed by atoms with Gasteiger partial charge in [-0.05, 0) is 41.5 Å². The van der Waals surface area contributed by atoms with Crippen LogP contribution in [0.5, 0.6) is 5.75 Å². The number of rotatable bonds is 5. The first-order chi connectivity index (χ1) is 13.8. The van der Waals surface area contributed by atoms with Gasteiger partial charge in [-0.1, -0.05) is 40.2 Å². The Hall–Kier alpha value is -2.85. The lowest BCUT2D eigenvalue weighted by molar-refractivity contribution is 0.414. The molecular formula is C19H18BrN5O3S. The van der Waals surface area contributed by atoms with E-state index in [0.717, 1.165) is 33.3 Å². The Labute approximate surface area is 176 Å². The number of halogens is 1. The number of nitrogens with zero attached hydrogens (tertiary/aromatic N) is 3. The fourth-order valence-corrected chi connectivity index (χ4v) is 3.72. The Morgan fingerprint density at radius 3 is 2.45 bits per heavy atom. The third-order valence-corrected chi connectivity index (χ3v) is 5.44. The molecule has 8 nitrogen and oxygen atoms in total. The van der Waals surface area contributed by atoms with Crippen molar-refractivity contribution in [3.63, 3.8) is 0 Å². The van der Waals surface area contributed by atoms with Gasteiger partial charge in [0, 0.05) is 10.2 Å². The molecule has 2 aromatic carbocycles. The van der Waals surface area contributed by atoms with Gasteiger partial charge in [0.15, 0.2) is 0 Å². The predicted molar refractivity (Wildman–Crippen MR) is 115 cm³/mol. The molecule has 0 radical (unpaired) electrons. The van der Waals surface area contributed by atoms with Gasteiger partial charge in [0.25, 0.3) is 5.95 Å². The van der Waals surface area contributed by atoms with Gasteiger partial charge < -0.3 is 10.1 Å². The summed E-state index contributed by atoms with van der Waals surface area (Å²) in [5.41, 5.74) is 2.78. The normalized spacial score (nSPS) is 15.8. The molecule has 4 rings (SSSR count). The maximum absolute atomic E-state index is 11.6. The van der Waals surface area contributed by atoms with Crippen LogP contribution in [0.4, 0.5) is 11.9 Å². The molecule has 0 fully saturated rings. The fraction of sp³-hybridized carbons (Fsp3) is 0.158. The molecule has 0 amide bonds. The molecule has 29 heavy (non-hydrogen) atoms. The van der Waals surface area contributed by atoms with E-state index in [1.807, 2.05) is 54.6 Å². The quantitative estimate of drug-likeness (QED) is 0.585. The summed E-state index contributed by atoms with van der Waals surface area (Å²) in [4.78, 5) is 4.31. The van der Waals surface area contributed by atoms with Crippen molar-refractivity contribution in [3.8, 4) is 5.75 Å². The van der Waals surface area contributed by atoms with Crippen LogP contribution in [0, 0.1) is 0 Å². The molecule has 1 aliphatic heterocycles. The lowest BCUT2D eigenvalue weighted by Gasteiger charge is -2.24. The maximum Gasteiger partial charge on any atom is 0.257 e. The number of sulfonamides is 1. The second-order valence-electron chi connectivity index (χ2n) is 6.51. The molecule has 0 aliphatic carbocycles. The van der Waals surface area contributed by atoms with Crippen molar-refractivity contribution in [2.75, 3.05) is 23.4 Å². The molecular weight excluding hydrogens is 458 g/mol. The monoisotopic (exact) mass is 475 g/mol. The molecule has 150 valence electrons. The van der Waals surface area contributed by atoms with Crippen molar-refractivity contribution < 1.29 is 13.2 Å². The second kappa shape index (κ2) is 7.53. The summed E-state index contributed by atoms with van der Waals surface area (Å²) in [5.74, 6) is 1.20. The summed E-state index contributed by atoms with van der Waals surface area (Å²) in [6.45, 7) is 0. The van der Waals surface area contributed by atoms with Gasteiger partial charge in [0.1, 0.15) is 11.8 Å². The number of hydrogen-bond donors (Lipinski definition) is 2. The minimum atomic E-state index is -3.49. The number of hydrogen-bond acceptors (Lipinski definition) is 6. The summed E-state index contributed by atoms with van der Waals surface area (Å²) >= 11 is 3.45. The van der Waals surface area contributed by atoms with Crippen LogP contribution in [-0.4, -0.2) is 36.5 Å². The van der Waals surface area contributed by atoms with Crippen LogP contribution >= 0.6 is 15.9 Å². The molecule has 3 aromatic rings. The van der Waals surface area contributed by atoms with Crippen LogP contribution < -0.4 is 14.8 Å². The first kappa shape index (κ1) is 19.5. The molecule has 1 aliphatic rings. The lowest BCUT2D eigenvalue weighted by Crippen LogP contribution is -2.20. The number of benzene rings is 2. The maximum atomic E-state index is 11.6. The highest BCUT2D eigenvalue weighted by molar-refractivity contribution is 9.10. The Balaban J connectivity index is 1.79. The van der Waals surface area contributed by atoms with E-state index in [1.54, 1.807) is 11.8 Å². The van der Waals surface area contributed by atoms with Crippen molar-refractivity contribution >= 4 is 43.5 Å². The van der Waals surface area contributed by atoms with Crippen molar-refractivity contribution in [1.82, 2.24) is 14.8 Å². The summed E-state index contributed by atoms with van der Waals surface area (Å²) in [7, 11) is -1.88. The van der Waals surface area contributed by atoms with Crippen molar-refractivity contribution in [2.45, 2.75) is 6.04 Å². The van der Waals surface area contributed by atoms with E-state index >= 15 is 0 Å². The molecule has 0 unspecified atom stereocenters. The number of fused-ring (bicyclic) bond motifs is 1. The Morgan fingerprint density at radius 1 is 1.14 bits per heavy atom. The topological polar surface area (TPSA) is 98.1 Å². The van der Waals surface area contributed by atoms with E-state index in [1.165, 1.54) is 0 Å². The highest BCUT2D eigenvalue weighted by atomic mass is 79.9. The highest BCUT2D eigenvalue weighted by Gasteiger charge is 2.26. The van der Waals surface area contributed by atoms with Gasteiger partial charge in [-0.15, -0.1) is 5.10 Å². The number of methoxy groups -OCH3 is 1. The molecule has 1 atom stereocenters. The van der Waals surface area contributed by atoms with Crippen LogP contribution in [0.2, 0.25) is 0 Å². The standard InChI is InChI=1S/C19H18BrN5O3S/c1-28-15-9-5-13(6-10-15)17-11-16(12-3-7-14(20)8-4-12)21-19-22-18(23-25(17)19)24-29(2,26)27/h3-11,17H,1-2H3,(H2,21,22,23,24)/t17-/m0/s1. The summed E-state index contributed by atoms with van der Waals surface area (Å²) in [6.07, 6.45) is 3.09. The van der Waals surface area contributed by atoms with Crippen LogP contribution in [0.15, 0.2) is 59.1 Å². The number of aromatic nitrogens is 3. The van der Waals surface area contributed by atoms with Crippen LogP contribution in [0.1, 0.15) is 17.2 Å². The van der Waals surface area contributed by atoms with Crippen molar-refractivity contribution in [1.29, 1.82) is 0 Å². The molecule has 0 spiro atoms. The number of ether oxygens (including phenoxy) is 1. The number of allylic oxidation sites excluding steroid dienone is 1. The molecule has 2 N–H and O–H groups in total. The number of nitrogens with one attached hydrogen (secondary N) is 2. The average Bonchev–Trinajstić information content (AvgIpc) is 3.08. The molecule has 1 aromatic heterocycles. The fourth-order valence-electron chi connectivity index (χ4n) is 3.04. The predicted octanol–water partition coefficient (Wildman–Crippen LogP) is 3.48. The third-order valence-electron chi connectivity index (χ3n) is 4.35. The van der Waals surface area contributed by atoms with E-state index in [9.17, 15) is 8.42 Å². The molecule has 10 heteroatoms. The average molecular weight is 476 g/mol. The van der Waals surface area contributed by atoms with Crippen molar-refractivity contribution in [3.05, 3.63) is 70.2 Å². The first-order valence-electron chi connectivity index (χ1n) is 8.65. The van der Waals surface area contributed by atoms with Gasteiger partial charge in [-0.2, -0.15) is 4.98 Å². The van der Waals surface area contributed by atoms with Gasteiger partial charge in [-0.25, -0.2) is 13.1 Å². The highest BCUT2D eigenvalue weighted by Crippen LogP contribution is 2.34. The smallest absolute Gasteiger partial charge is 0.257 e. The van der Waals surface area contributed by atoms with Crippen LogP contribution in [-0.2, 0) is 10.0 Å². The van der Waals surface area contributed by atoms with E-state index in [0.29, 0.717) is 5.95 Å². The molecule has 0 saturated heterocycles. The Bertz CT molecular complexity index is 1170. The summed E-state index contributed by atoms with van der Waals surface area (Å²) in [6, 6.07) is 15.2. The van der Waals surface area contributed by atoms with E-state index < -0.39 is 10.0 Å². The summed E-state index contributed by atoms with van der Waals surface area (Å²) in [5, 5.41) is 7.59. The first-order valence-corrected chi connectivity index (χ1v) is 11.3. The van der Waals surface area contributed by atoms with Gasteiger partial charge in [0.2, 0.25) is 16.0 Å². The van der Waals surface area contributed by atoms with Gasteiger partial charge >= 0.3 is 0 Å². The van der Waals surface area contributed by atoms with E-state index in [4.69, 9.17) is 4.74 Å². The van der Waals surface area contributed by atoms with Crippen LogP contribution in [0.3, 0.4) is 0 Å². The molecule has 0 saturated carbocycles. The van der Waals surface area contributed by atoms with Crippen molar-refractivity contribution in [2.24, 2.45) is 0 Å². The number of anilines is 2. The zero-order valence-corrected chi connectivity index (χ0v) is 18.0. The Kier molecular flexibility index (Phi) is 5.05. The minimum absolute atomic E-state index is 0.0129. The molecule has 2 heterocycles. The van der Waals surface area contributed by atoms with E-state index in [-0.39, 0.29) is 12.0 Å². The largest absolute Gasteiger partial charge is 0.497 e. The second-order valence-corrected chi connectivity index (χ2v) is 9.17. The Morgan fingerprint density at radius 2 is 1.83 bits per heavy atom. The third kappa shape index (κ3) is 4.28. The zero-order chi connectivity index (χ0) is 20.6. The van der Waals surface area contributed by atoms with Crippen LogP contribution in [0.25, 0.3) is 5.70 Å². The summed E-state index contributed by atoms with van der Waals surface area (Å²) < 4.78 is 33.4. The van der Waals surface area contributed by atoms with E-state index in [2.05, 4.69) is 36.1 Å². The molecule has 0 bridgehead atoms. The van der Waals surface area contributed by atoms with Gasteiger partial charge in [0.05, 0.1) is 13.4 Å². The lowest BCUT2D eigenvalue weighted by atomic mass is 10.0. The van der Waals surface area contributed by atoms with Gasteiger partial charge in [-0.3, -0.25) is 4.72 Å².